The molecule has 3 heterocycles. The van der Waals surface area contributed by atoms with Crippen molar-refractivity contribution in [3.63, 3.8) is 0 Å². The van der Waals surface area contributed by atoms with E-state index in [2.05, 4.69) is 149 Å². The fourth-order valence-electron chi connectivity index (χ4n) is 7.50. The molecule has 0 radical (unpaired) electrons. The van der Waals surface area contributed by atoms with E-state index in [1.807, 2.05) is 24.5 Å². The smallest absolute Gasteiger partial charge is 0.145 e. The van der Waals surface area contributed by atoms with Crippen molar-refractivity contribution in [2.75, 3.05) is 0 Å². The lowest BCUT2D eigenvalue weighted by Crippen LogP contribution is -1.94. The second-order valence-corrected chi connectivity index (χ2v) is 12.2. The topological polar surface area (TPSA) is 30.7 Å². The number of hydrogen-bond donors (Lipinski definition) is 0. The molecule has 0 spiro atoms. The lowest BCUT2D eigenvalue weighted by Gasteiger charge is -2.16. The number of para-hydroxylation sites is 1. The summed E-state index contributed by atoms with van der Waals surface area (Å²) in [6.07, 6.45) is 3.74. The fraction of sp³-hybridized carbons (Fsp3) is 0. The molecule has 47 heavy (non-hydrogen) atoms. The van der Waals surface area contributed by atoms with Crippen LogP contribution in [-0.2, 0) is 0 Å². The van der Waals surface area contributed by atoms with Crippen LogP contribution in [0, 0.1) is 0 Å². The summed E-state index contributed by atoms with van der Waals surface area (Å²) in [5.74, 6) is 0. The van der Waals surface area contributed by atoms with Crippen molar-refractivity contribution in [1.82, 2.24) is 14.5 Å². The molecule has 0 aliphatic heterocycles. The average molecular weight is 598 g/mol. The Bertz CT molecular complexity index is 2760. The summed E-state index contributed by atoms with van der Waals surface area (Å²) in [5, 5.41) is 10.0. The molecule has 0 bridgehead atoms. The van der Waals surface area contributed by atoms with E-state index in [-0.39, 0.29) is 0 Å². The van der Waals surface area contributed by atoms with Gasteiger partial charge in [0.2, 0.25) is 0 Å². The monoisotopic (exact) mass is 597 g/mol. The normalized spacial score (nSPS) is 11.8. The summed E-state index contributed by atoms with van der Waals surface area (Å²) >= 11 is 0. The molecule has 3 nitrogen and oxygen atoms in total. The van der Waals surface area contributed by atoms with Gasteiger partial charge in [-0.3, -0.25) is 9.55 Å². The molecule has 3 aromatic heterocycles. The van der Waals surface area contributed by atoms with Gasteiger partial charge < -0.3 is 0 Å². The molecule has 0 amide bonds. The van der Waals surface area contributed by atoms with E-state index < -0.39 is 0 Å². The van der Waals surface area contributed by atoms with Crippen LogP contribution in [-0.4, -0.2) is 14.5 Å². The zero-order valence-corrected chi connectivity index (χ0v) is 25.4. The predicted molar refractivity (Wildman–Crippen MR) is 196 cm³/mol. The summed E-state index contributed by atoms with van der Waals surface area (Å²) in [7, 11) is 0. The first-order valence-corrected chi connectivity index (χ1v) is 16.0. The number of hydrogen-bond acceptors (Lipinski definition) is 2. The molecule has 7 aromatic carbocycles. The fourth-order valence-corrected chi connectivity index (χ4v) is 7.50. The molecule has 0 atom stereocenters. The molecule has 0 aliphatic rings. The van der Waals surface area contributed by atoms with Gasteiger partial charge >= 0.3 is 0 Å². The maximum Gasteiger partial charge on any atom is 0.145 e. The van der Waals surface area contributed by atoms with Crippen molar-refractivity contribution >= 4 is 54.3 Å². The Labute approximate surface area is 271 Å². The van der Waals surface area contributed by atoms with Crippen molar-refractivity contribution < 1.29 is 0 Å². The van der Waals surface area contributed by atoms with Crippen molar-refractivity contribution in [1.29, 1.82) is 0 Å². The van der Waals surface area contributed by atoms with Gasteiger partial charge in [0.1, 0.15) is 5.65 Å². The van der Waals surface area contributed by atoms with Gasteiger partial charge in [0, 0.05) is 34.4 Å². The Morgan fingerprint density at radius 2 is 1.06 bits per heavy atom. The van der Waals surface area contributed by atoms with Crippen LogP contribution in [0.1, 0.15) is 0 Å². The molecule has 10 rings (SSSR count). The number of fused-ring (bicyclic) bond motifs is 3. The van der Waals surface area contributed by atoms with Crippen molar-refractivity contribution in [2.24, 2.45) is 0 Å². The van der Waals surface area contributed by atoms with E-state index in [9.17, 15) is 0 Å². The average Bonchev–Trinajstić information content (AvgIpc) is 3.48. The largest absolute Gasteiger partial charge is 0.294 e. The highest BCUT2D eigenvalue weighted by atomic mass is 15.0. The van der Waals surface area contributed by atoms with E-state index >= 15 is 0 Å². The molecular formula is C44H27N3. The van der Waals surface area contributed by atoms with E-state index in [1.54, 1.807) is 0 Å². The summed E-state index contributed by atoms with van der Waals surface area (Å²) in [4.78, 5) is 9.45. The third-order valence-electron chi connectivity index (χ3n) is 9.68. The van der Waals surface area contributed by atoms with Gasteiger partial charge in [-0.25, -0.2) is 4.98 Å². The highest BCUT2D eigenvalue weighted by molar-refractivity contribution is 6.27. The lowest BCUT2D eigenvalue weighted by molar-refractivity contribution is 1.14. The minimum absolute atomic E-state index is 0.974. The Hall–Kier alpha value is -6.32. The molecule has 3 heteroatoms. The number of rotatable bonds is 4. The quantitative estimate of drug-likeness (QED) is 0.189. The second-order valence-electron chi connectivity index (χ2n) is 12.2. The summed E-state index contributed by atoms with van der Waals surface area (Å²) in [5.41, 5.74) is 10.3. The first-order chi connectivity index (χ1) is 23.3. The molecule has 10 aromatic rings. The number of nitrogens with zero attached hydrogens (tertiary/aromatic N) is 3. The van der Waals surface area contributed by atoms with Crippen LogP contribution in [0.3, 0.4) is 0 Å². The van der Waals surface area contributed by atoms with Crippen LogP contribution >= 0.6 is 0 Å². The van der Waals surface area contributed by atoms with Crippen LogP contribution in [0.2, 0.25) is 0 Å². The SMILES string of the molecule is c1ccc(-n2c3ccc(-c4ccc(-c5ccc6ccc7c(-c8ccccn8)ccc8ccc5c6c87)cc4)cc3c3cccnc32)cc1. The third kappa shape index (κ3) is 3.93. The molecule has 0 N–H and O–H groups in total. The summed E-state index contributed by atoms with van der Waals surface area (Å²) in [6.45, 7) is 0. The molecule has 218 valence electrons. The van der Waals surface area contributed by atoms with Crippen molar-refractivity contribution in [2.45, 2.75) is 0 Å². The predicted octanol–water partition coefficient (Wildman–Crippen LogP) is 11.5. The Morgan fingerprint density at radius 1 is 0.404 bits per heavy atom. The number of benzene rings is 7. The molecule has 0 aliphatic carbocycles. The molecular weight excluding hydrogens is 571 g/mol. The maximum atomic E-state index is 4.78. The van der Waals surface area contributed by atoms with Gasteiger partial charge in [-0.1, -0.05) is 103 Å². The van der Waals surface area contributed by atoms with Gasteiger partial charge in [0.05, 0.1) is 11.2 Å². The number of aromatic nitrogens is 3. The van der Waals surface area contributed by atoms with Gasteiger partial charge in [-0.2, -0.15) is 0 Å². The van der Waals surface area contributed by atoms with Crippen LogP contribution < -0.4 is 0 Å². The standard InChI is InChI=1S/C44H27N3/c1-2-7-33(8-3-1)47-41-24-19-32(27-39(41)38-9-6-26-46-44(38)47)28-11-13-29(14-12-28)34-20-15-30-18-23-37-35(40-10-4-5-25-45-40)21-16-31-17-22-36(34)42(30)43(31)37/h1-27H. The first kappa shape index (κ1) is 26.0. The van der Waals surface area contributed by atoms with Crippen LogP contribution in [0.15, 0.2) is 164 Å². The summed E-state index contributed by atoms with van der Waals surface area (Å²) in [6, 6.07) is 54.6. The van der Waals surface area contributed by atoms with Crippen molar-refractivity contribution in [3.8, 4) is 39.2 Å². The molecule has 0 saturated heterocycles. The Kier molecular flexibility index (Phi) is 5.57. The van der Waals surface area contributed by atoms with E-state index in [0.29, 0.717) is 0 Å². The lowest BCUT2D eigenvalue weighted by atomic mass is 9.87. The van der Waals surface area contributed by atoms with E-state index in [1.165, 1.54) is 65.5 Å². The van der Waals surface area contributed by atoms with E-state index in [0.717, 1.165) is 27.9 Å². The summed E-state index contributed by atoms with van der Waals surface area (Å²) < 4.78 is 2.25. The highest BCUT2D eigenvalue weighted by Gasteiger charge is 2.16. The molecule has 0 saturated carbocycles. The van der Waals surface area contributed by atoms with Gasteiger partial charge in [-0.05, 0) is 103 Å². The van der Waals surface area contributed by atoms with Crippen LogP contribution in [0.5, 0.6) is 0 Å². The highest BCUT2D eigenvalue weighted by Crippen LogP contribution is 2.42. The Balaban J connectivity index is 1.09. The van der Waals surface area contributed by atoms with Crippen LogP contribution in [0.4, 0.5) is 0 Å². The maximum absolute atomic E-state index is 4.78. The zero-order valence-electron chi connectivity index (χ0n) is 25.4. The van der Waals surface area contributed by atoms with Gasteiger partial charge in [0.15, 0.2) is 0 Å². The first-order valence-electron chi connectivity index (χ1n) is 16.0. The number of pyridine rings is 2. The third-order valence-corrected chi connectivity index (χ3v) is 9.68. The minimum Gasteiger partial charge on any atom is -0.294 e. The minimum atomic E-state index is 0.974. The van der Waals surface area contributed by atoms with Crippen molar-refractivity contribution in [3.05, 3.63) is 164 Å². The van der Waals surface area contributed by atoms with Gasteiger partial charge in [-0.15, -0.1) is 0 Å². The Morgan fingerprint density at radius 3 is 1.83 bits per heavy atom. The molecule has 0 fully saturated rings. The van der Waals surface area contributed by atoms with E-state index in [4.69, 9.17) is 4.98 Å². The molecule has 0 unspecified atom stereocenters. The second kappa shape index (κ2) is 10.1. The van der Waals surface area contributed by atoms with Gasteiger partial charge in [0.25, 0.3) is 0 Å². The van der Waals surface area contributed by atoms with Crippen LogP contribution in [0.25, 0.3) is 93.5 Å². The zero-order chi connectivity index (χ0) is 30.9.